The van der Waals surface area contributed by atoms with Crippen LogP contribution in [-0.2, 0) is 0 Å². The van der Waals surface area contributed by atoms with Gasteiger partial charge in [0, 0.05) is 22.2 Å². The van der Waals surface area contributed by atoms with E-state index in [1.807, 2.05) is 0 Å². The molecule has 0 aromatic heterocycles. The van der Waals surface area contributed by atoms with Crippen molar-refractivity contribution in [3.05, 3.63) is 34.9 Å². The maximum absolute atomic E-state index is 12.6. The Bertz CT molecular complexity index is 707. The van der Waals surface area contributed by atoms with E-state index >= 15 is 0 Å². The first kappa shape index (κ1) is 24.8. The van der Waals surface area contributed by atoms with Crippen LogP contribution in [0.1, 0.15) is 66.8 Å². The van der Waals surface area contributed by atoms with Crippen LogP contribution in [-0.4, -0.2) is 35.2 Å². The summed E-state index contributed by atoms with van der Waals surface area (Å²) in [5.74, 6) is -1.65. The molecule has 0 heterocycles. The summed E-state index contributed by atoms with van der Waals surface area (Å²) in [5, 5.41) is 4.52. The SMILES string of the molecule is Cc1cc(C(=O)NC(C)(C)CC(F)(F)F)cc(C(=O)NC(C)(C)CC(F)(F)F)c1. The first-order chi connectivity index (χ1) is 12.8. The highest BCUT2D eigenvalue weighted by molar-refractivity contribution is 6.00. The van der Waals surface area contributed by atoms with Crippen LogP contribution in [0.25, 0.3) is 0 Å². The van der Waals surface area contributed by atoms with Crippen molar-refractivity contribution in [2.75, 3.05) is 0 Å². The van der Waals surface area contributed by atoms with Crippen LogP contribution in [0.5, 0.6) is 0 Å². The van der Waals surface area contributed by atoms with Crippen LogP contribution in [0.15, 0.2) is 18.2 Å². The van der Waals surface area contributed by atoms with Crippen molar-refractivity contribution in [2.24, 2.45) is 0 Å². The zero-order valence-corrected chi connectivity index (χ0v) is 16.7. The summed E-state index contributed by atoms with van der Waals surface area (Å²) >= 11 is 0. The van der Waals surface area contributed by atoms with Crippen LogP contribution in [0, 0.1) is 6.92 Å². The lowest BCUT2D eigenvalue weighted by Crippen LogP contribution is -2.47. The van der Waals surface area contributed by atoms with E-state index in [2.05, 4.69) is 10.6 Å². The minimum atomic E-state index is -4.49. The van der Waals surface area contributed by atoms with Gasteiger partial charge in [-0.1, -0.05) is 0 Å². The Morgan fingerprint density at radius 1 is 0.724 bits per heavy atom. The van der Waals surface area contributed by atoms with Crippen LogP contribution in [0.4, 0.5) is 26.3 Å². The van der Waals surface area contributed by atoms with Gasteiger partial charge in [0.1, 0.15) is 0 Å². The van der Waals surface area contributed by atoms with Gasteiger partial charge in [-0.15, -0.1) is 0 Å². The molecule has 0 saturated heterocycles. The largest absolute Gasteiger partial charge is 0.391 e. The van der Waals surface area contributed by atoms with Crippen molar-refractivity contribution in [1.29, 1.82) is 0 Å². The molecule has 0 fully saturated rings. The summed E-state index contributed by atoms with van der Waals surface area (Å²) in [5.41, 5.74) is -2.87. The predicted octanol–water partition coefficient (Wildman–Crippen LogP) is 4.92. The van der Waals surface area contributed by atoms with Gasteiger partial charge >= 0.3 is 12.4 Å². The Morgan fingerprint density at radius 2 is 1.03 bits per heavy atom. The van der Waals surface area contributed by atoms with Gasteiger partial charge in [-0.05, 0) is 58.4 Å². The number of carbonyl (C=O) groups is 2. The van der Waals surface area contributed by atoms with Crippen molar-refractivity contribution in [3.8, 4) is 0 Å². The van der Waals surface area contributed by atoms with E-state index in [0.29, 0.717) is 5.56 Å². The minimum Gasteiger partial charge on any atom is -0.347 e. The number of alkyl halides is 6. The van der Waals surface area contributed by atoms with E-state index in [1.54, 1.807) is 6.92 Å². The van der Waals surface area contributed by atoms with Gasteiger partial charge in [0.05, 0.1) is 12.8 Å². The minimum absolute atomic E-state index is 0.0703. The van der Waals surface area contributed by atoms with Gasteiger partial charge in [0.25, 0.3) is 11.8 Å². The van der Waals surface area contributed by atoms with Gasteiger partial charge in [0.2, 0.25) is 0 Å². The predicted molar refractivity (Wildman–Crippen MR) is 95.6 cm³/mol. The van der Waals surface area contributed by atoms with Gasteiger partial charge in [-0.2, -0.15) is 26.3 Å². The van der Waals surface area contributed by atoms with Gasteiger partial charge in [-0.25, -0.2) is 0 Å². The summed E-state index contributed by atoms with van der Waals surface area (Å²) in [4.78, 5) is 24.8. The smallest absolute Gasteiger partial charge is 0.347 e. The summed E-state index contributed by atoms with van der Waals surface area (Å²) in [6.45, 7) is 6.39. The number of carbonyl (C=O) groups excluding carboxylic acids is 2. The zero-order valence-electron chi connectivity index (χ0n) is 16.7. The second-order valence-corrected chi connectivity index (χ2v) is 8.35. The maximum Gasteiger partial charge on any atom is 0.391 e. The quantitative estimate of drug-likeness (QED) is 0.635. The third kappa shape index (κ3) is 9.19. The highest BCUT2D eigenvalue weighted by Crippen LogP contribution is 2.28. The molecule has 0 aliphatic heterocycles. The molecule has 2 N–H and O–H groups in total. The van der Waals surface area contributed by atoms with Gasteiger partial charge in [-0.3, -0.25) is 9.59 Å². The summed E-state index contributed by atoms with van der Waals surface area (Å²) in [6, 6.07) is 3.87. The number of nitrogens with one attached hydrogen (secondary N) is 2. The number of hydrogen-bond donors (Lipinski definition) is 2. The average molecular weight is 426 g/mol. The normalized spacial score (nSPS) is 13.2. The Hall–Kier alpha value is -2.26. The average Bonchev–Trinajstić information content (AvgIpc) is 2.39. The van der Waals surface area contributed by atoms with Crippen LogP contribution >= 0.6 is 0 Å². The Balaban J connectivity index is 3.03. The number of hydrogen-bond acceptors (Lipinski definition) is 2. The molecule has 0 saturated carbocycles. The summed E-state index contributed by atoms with van der Waals surface area (Å²) < 4.78 is 75.8. The molecule has 164 valence electrons. The van der Waals surface area contributed by atoms with Crippen molar-refractivity contribution >= 4 is 11.8 Å². The summed E-state index contributed by atoms with van der Waals surface area (Å²) in [7, 11) is 0. The Morgan fingerprint density at radius 3 is 1.31 bits per heavy atom. The first-order valence-electron chi connectivity index (χ1n) is 8.69. The molecule has 10 heteroatoms. The molecule has 2 amide bonds. The number of aryl methyl sites for hydroxylation is 1. The van der Waals surface area contributed by atoms with E-state index in [4.69, 9.17) is 0 Å². The second kappa shape index (κ2) is 8.23. The number of rotatable bonds is 6. The molecular weight excluding hydrogens is 402 g/mol. The lowest BCUT2D eigenvalue weighted by molar-refractivity contribution is -0.147. The molecule has 0 atom stereocenters. The van der Waals surface area contributed by atoms with Crippen molar-refractivity contribution in [2.45, 2.75) is 70.9 Å². The Kier molecular flexibility index (Phi) is 7.04. The van der Waals surface area contributed by atoms with E-state index in [0.717, 1.165) is 6.07 Å². The number of halogens is 6. The molecular formula is C19H24F6N2O2. The van der Waals surface area contributed by atoms with E-state index < -0.39 is 48.1 Å². The third-order valence-corrected chi connectivity index (χ3v) is 3.79. The van der Waals surface area contributed by atoms with Crippen molar-refractivity contribution < 1.29 is 35.9 Å². The molecule has 0 radical (unpaired) electrons. The van der Waals surface area contributed by atoms with Crippen molar-refractivity contribution in [3.63, 3.8) is 0 Å². The van der Waals surface area contributed by atoms with Crippen LogP contribution < -0.4 is 10.6 Å². The highest BCUT2D eigenvalue weighted by Gasteiger charge is 2.38. The van der Waals surface area contributed by atoms with E-state index in [1.165, 1.54) is 39.8 Å². The standard InChI is InChI=1S/C19H24F6N2O2/c1-11-6-12(14(28)26-16(2,3)9-18(20,21)22)8-13(7-11)15(29)27-17(4,5)10-19(23,24)25/h6-8H,9-10H2,1-5H3,(H,26,28)(H,27,29). The molecule has 29 heavy (non-hydrogen) atoms. The fourth-order valence-corrected chi connectivity index (χ4v) is 2.89. The lowest BCUT2D eigenvalue weighted by atomic mass is 9.97. The zero-order chi connectivity index (χ0) is 22.8. The fourth-order valence-electron chi connectivity index (χ4n) is 2.89. The van der Waals surface area contributed by atoms with Crippen LogP contribution in [0.3, 0.4) is 0 Å². The topological polar surface area (TPSA) is 58.2 Å². The Labute approximate surface area is 165 Å². The molecule has 0 unspecified atom stereocenters. The van der Waals surface area contributed by atoms with E-state index in [9.17, 15) is 35.9 Å². The first-order valence-corrected chi connectivity index (χ1v) is 8.69. The lowest BCUT2D eigenvalue weighted by Gasteiger charge is -2.28. The molecule has 0 aliphatic rings. The molecule has 0 spiro atoms. The summed E-state index contributed by atoms with van der Waals surface area (Å²) in [6.07, 6.45) is -11.5. The van der Waals surface area contributed by atoms with Gasteiger partial charge < -0.3 is 10.6 Å². The molecule has 0 aliphatic carbocycles. The van der Waals surface area contributed by atoms with Gasteiger partial charge in [0.15, 0.2) is 0 Å². The molecule has 0 bridgehead atoms. The van der Waals surface area contributed by atoms with Crippen molar-refractivity contribution in [1.82, 2.24) is 10.6 Å². The second-order valence-electron chi connectivity index (χ2n) is 8.35. The van der Waals surface area contributed by atoms with E-state index in [-0.39, 0.29) is 11.1 Å². The fraction of sp³-hybridized carbons (Fsp3) is 0.579. The molecule has 1 aromatic carbocycles. The number of benzene rings is 1. The third-order valence-electron chi connectivity index (χ3n) is 3.79. The monoisotopic (exact) mass is 426 g/mol. The molecule has 1 aromatic rings. The highest BCUT2D eigenvalue weighted by atomic mass is 19.4. The molecule has 4 nitrogen and oxygen atoms in total. The van der Waals surface area contributed by atoms with Crippen LogP contribution in [0.2, 0.25) is 0 Å². The maximum atomic E-state index is 12.6. The molecule has 1 rings (SSSR count). The number of amides is 2.